The summed E-state index contributed by atoms with van der Waals surface area (Å²) in [7, 11) is 0. The van der Waals surface area contributed by atoms with E-state index in [2.05, 4.69) is 0 Å². The molecular formula is CH4TiVW. The second-order valence-electron chi connectivity index (χ2n) is 0. The van der Waals surface area contributed by atoms with Crippen molar-refractivity contribution in [2.75, 3.05) is 0 Å². The molecule has 0 aromatic heterocycles. The summed E-state index contributed by atoms with van der Waals surface area (Å²) < 4.78 is 0. The molecule has 3 heteroatoms. The minimum Gasteiger partial charge on any atom is -0.0776 e. The van der Waals surface area contributed by atoms with Gasteiger partial charge in [0.05, 0.1) is 0 Å². The van der Waals surface area contributed by atoms with Crippen LogP contribution in [-0.2, 0) is 61.3 Å². The minimum atomic E-state index is 0. The predicted molar refractivity (Wildman–Crippen MR) is 6.73 cm³/mol. The molecule has 0 unspecified atom stereocenters. The van der Waals surface area contributed by atoms with Gasteiger partial charge in [-0.15, -0.1) is 0 Å². The van der Waals surface area contributed by atoms with Gasteiger partial charge in [0.15, 0.2) is 0 Å². The van der Waals surface area contributed by atoms with E-state index in [4.69, 9.17) is 0 Å². The number of rotatable bonds is 0. The van der Waals surface area contributed by atoms with Crippen LogP contribution in [-0.4, -0.2) is 0 Å². The molecule has 0 nitrogen and oxygen atoms in total. The van der Waals surface area contributed by atoms with Crippen molar-refractivity contribution in [2.24, 2.45) is 0 Å². The summed E-state index contributed by atoms with van der Waals surface area (Å²) in [6.07, 6.45) is 0. The molecule has 0 rings (SSSR count). The van der Waals surface area contributed by atoms with Gasteiger partial charge in [0.2, 0.25) is 0 Å². The van der Waals surface area contributed by atoms with Gasteiger partial charge in [0.1, 0.15) is 0 Å². The molecule has 0 aliphatic heterocycles. The van der Waals surface area contributed by atoms with Crippen LogP contribution in [0, 0.1) is 0 Å². The fourth-order valence-electron chi connectivity index (χ4n) is 0. The third-order valence-electron chi connectivity index (χ3n) is 0. The van der Waals surface area contributed by atoms with E-state index in [1.807, 2.05) is 0 Å². The summed E-state index contributed by atoms with van der Waals surface area (Å²) in [6, 6.07) is 0. The predicted octanol–water partition coefficient (Wildman–Crippen LogP) is 0.629. The average Bonchev–Trinajstić information content (AvgIpc) is 0. The average molecular weight is 299 g/mol. The molecule has 23 valence electrons. The van der Waals surface area contributed by atoms with E-state index < -0.39 is 0 Å². The van der Waals surface area contributed by atoms with Crippen LogP contribution in [0.1, 0.15) is 7.43 Å². The van der Waals surface area contributed by atoms with Crippen molar-refractivity contribution in [1.82, 2.24) is 0 Å². The smallest absolute Gasteiger partial charge is 0 e. The zero-order chi connectivity index (χ0) is 0. The van der Waals surface area contributed by atoms with Crippen LogP contribution in [0.4, 0.5) is 0 Å². The van der Waals surface area contributed by atoms with Gasteiger partial charge >= 0.3 is 0 Å². The molecule has 0 saturated heterocycles. The molecule has 0 aromatic carbocycles. The third kappa shape index (κ3) is 9.01. The van der Waals surface area contributed by atoms with Crippen molar-refractivity contribution in [2.45, 2.75) is 7.43 Å². The summed E-state index contributed by atoms with van der Waals surface area (Å²) in [4.78, 5) is 0. The largest absolute Gasteiger partial charge is 0.0776 e. The van der Waals surface area contributed by atoms with Gasteiger partial charge in [-0.3, -0.25) is 0 Å². The summed E-state index contributed by atoms with van der Waals surface area (Å²) in [5.41, 5.74) is 0. The van der Waals surface area contributed by atoms with Crippen LogP contribution in [0.5, 0.6) is 0 Å². The molecule has 0 N–H and O–H groups in total. The number of hydrogen-bond donors (Lipinski definition) is 0. The molecule has 0 atom stereocenters. The van der Waals surface area contributed by atoms with Gasteiger partial charge < -0.3 is 0 Å². The first-order chi connectivity index (χ1) is 0. The molecule has 0 fully saturated rings. The molecule has 0 aliphatic rings. The molecule has 4 heavy (non-hydrogen) atoms. The fourth-order valence-corrected chi connectivity index (χ4v) is 0. The van der Waals surface area contributed by atoms with Gasteiger partial charge in [-0.05, 0) is 0 Å². The third-order valence-corrected chi connectivity index (χ3v) is 0. The van der Waals surface area contributed by atoms with Crippen LogP contribution < -0.4 is 0 Å². The Hall–Kier alpha value is 1.99. The second kappa shape index (κ2) is 20.1. The van der Waals surface area contributed by atoms with E-state index in [0.29, 0.717) is 0 Å². The summed E-state index contributed by atoms with van der Waals surface area (Å²) in [5.74, 6) is 0. The van der Waals surface area contributed by atoms with Crippen molar-refractivity contribution in [3.63, 3.8) is 0 Å². The SMILES string of the molecule is C.[Ti].[V].[W]. The summed E-state index contributed by atoms with van der Waals surface area (Å²) >= 11 is 0. The molecule has 0 bridgehead atoms. The maximum Gasteiger partial charge on any atom is 0 e. The standard InChI is InChI=1S/CH4.Ti.V.W/h1H4;;;. The van der Waals surface area contributed by atoms with Crippen LogP contribution in [0.15, 0.2) is 0 Å². The Morgan fingerprint density at radius 2 is 1.00 bits per heavy atom. The molecular weight excluding hydrogens is 295 g/mol. The Balaban J connectivity index is 0. The van der Waals surface area contributed by atoms with E-state index in [0.717, 1.165) is 0 Å². The summed E-state index contributed by atoms with van der Waals surface area (Å²) in [6.45, 7) is 0. The number of hydrogen-bond acceptors (Lipinski definition) is 0. The van der Waals surface area contributed by atoms with Crippen LogP contribution in [0.25, 0.3) is 0 Å². The van der Waals surface area contributed by atoms with Gasteiger partial charge in [0.25, 0.3) is 0 Å². The van der Waals surface area contributed by atoms with E-state index in [9.17, 15) is 0 Å². The molecule has 1 radical (unpaired) electrons. The topological polar surface area (TPSA) is 0 Å². The Labute approximate surface area is 68.1 Å². The van der Waals surface area contributed by atoms with Gasteiger partial charge in [-0.25, -0.2) is 0 Å². The fraction of sp³-hybridized carbons (Fsp3) is 1.00. The molecule has 0 heterocycles. The van der Waals surface area contributed by atoms with Crippen molar-refractivity contribution >= 4 is 0 Å². The van der Waals surface area contributed by atoms with E-state index >= 15 is 0 Å². The Bertz CT molecular complexity index is 8.00. The van der Waals surface area contributed by atoms with Gasteiger partial charge in [0, 0.05) is 61.3 Å². The van der Waals surface area contributed by atoms with Gasteiger partial charge in [-0.1, -0.05) is 7.43 Å². The quantitative estimate of drug-likeness (QED) is 0.576. The Morgan fingerprint density at radius 1 is 1.00 bits per heavy atom. The molecule has 0 spiro atoms. The first-order valence-electron chi connectivity index (χ1n) is 0. The molecule has 0 aromatic rings. The maximum absolute atomic E-state index is 0. The normalized spacial score (nSPS) is 0. The molecule has 0 amide bonds. The second-order valence-corrected chi connectivity index (χ2v) is 0. The van der Waals surface area contributed by atoms with Gasteiger partial charge in [-0.2, -0.15) is 0 Å². The Kier molecular flexibility index (Phi) is 189. The minimum absolute atomic E-state index is 0. The van der Waals surface area contributed by atoms with E-state index in [-0.39, 0.29) is 68.8 Å². The monoisotopic (exact) mass is 299 g/mol. The van der Waals surface area contributed by atoms with Crippen molar-refractivity contribution in [3.8, 4) is 0 Å². The van der Waals surface area contributed by atoms with Crippen molar-refractivity contribution in [1.29, 1.82) is 0 Å². The van der Waals surface area contributed by atoms with Crippen molar-refractivity contribution in [3.05, 3.63) is 0 Å². The first-order valence-corrected chi connectivity index (χ1v) is 0. The Morgan fingerprint density at radius 3 is 1.00 bits per heavy atom. The zero-order valence-corrected chi connectivity index (χ0v) is 7.25. The maximum atomic E-state index is 0. The van der Waals surface area contributed by atoms with Crippen LogP contribution in [0.3, 0.4) is 0 Å². The first kappa shape index (κ1) is 37.7. The van der Waals surface area contributed by atoms with E-state index in [1.54, 1.807) is 0 Å². The summed E-state index contributed by atoms with van der Waals surface area (Å²) in [5, 5.41) is 0. The zero-order valence-electron chi connectivity index (χ0n) is 1.36. The molecule has 0 aliphatic carbocycles. The van der Waals surface area contributed by atoms with Crippen molar-refractivity contribution < 1.29 is 61.3 Å². The van der Waals surface area contributed by atoms with Crippen LogP contribution in [0.2, 0.25) is 0 Å². The van der Waals surface area contributed by atoms with E-state index in [1.165, 1.54) is 0 Å². The van der Waals surface area contributed by atoms with Crippen LogP contribution >= 0.6 is 0 Å². The molecule has 0 saturated carbocycles.